The Labute approximate surface area is 105 Å². The van der Waals surface area contributed by atoms with Crippen LogP contribution in [0.1, 0.15) is 5.56 Å². The second-order valence-electron chi connectivity index (χ2n) is 3.79. The van der Waals surface area contributed by atoms with Gasteiger partial charge in [-0.15, -0.1) is 0 Å². The summed E-state index contributed by atoms with van der Waals surface area (Å²) in [5.41, 5.74) is 11.1. The van der Waals surface area contributed by atoms with E-state index in [-0.39, 0.29) is 4.90 Å². The van der Waals surface area contributed by atoms with Gasteiger partial charge in [-0.2, -0.15) is 0 Å². The van der Waals surface area contributed by atoms with E-state index < -0.39 is 28.6 Å². The van der Waals surface area contributed by atoms with Crippen molar-refractivity contribution >= 4 is 21.6 Å². The van der Waals surface area contributed by atoms with Gasteiger partial charge in [0.15, 0.2) is 0 Å². The highest BCUT2D eigenvalue weighted by molar-refractivity contribution is 7.89. The van der Waals surface area contributed by atoms with Crippen molar-refractivity contribution in [2.45, 2.75) is 17.9 Å². The lowest BCUT2D eigenvalue weighted by Gasteiger charge is -2.11. The van der Waals surface area contributed by atoms with E-state index in [0.717, 1.165) is 0 Å². The number of aryl methyl sites for hydroxylation is 1. The molecule has 0 fully saturated rings. The molecule has 1 aromatic rings. The lowest BCUT2D eigenvalue weighted by molar-refractivity contribution is -0.125. The maximum absolute atomic E-state index is 11.9. The molecular weight excluding hydrogens is 258 g/mol. The minimum Gasteiger partial charge on any atom is -0.399 e. The molecular formula is C10H15N3O4S. The summed E-state index contributed by atoms with van der Waals surface area (Å²) in [6, 6.07) is 4.44. The summed E-state index contributed by atoms with van der Waals surface area (Å²) in [5.74, 6) is -0.998. The molecule has 0 heterocycles. The Balaban J connectivity index is 2.93. The number of hydrogen-bond donors (Lipinski definition) is 4. The van der Waals surface area contributed by atoms with E-state index in [1.807, 2.05) is 0 Å². The van der Waals surface area contributed by atoms with Crippen LogP contribution in [0.3, 0.4) is 0 Å². The number of anilines is 1. The standard InChI is InChI=1S/C10H15N3O4S/c1-6-2-3-7(11)4-9(6)18(16,17)13-5-8(14)10(12)15/h2-4,8,13-14H,5,11H2,1H3,(H2,12,15). The fourth-order valence-corrected chi connectivity index (χ4v) is 2.59. The smallest absolute Gasteiger partial charge is 0.247 e. The van der Waals surface area contributed by atoms with Gasteiger partial charge < -0.3 is 16.6 Å². The Bertz CT molecular complexity index is 556. The number of nitrogens with one attached hydrogen (secondary N) is 1. The van der Waals surface area contributed by atoms with E-state index in [1.54, 1.807) is 19.1 Å². The second kappa shape index (κ2) is 5.34. The van der Waals surface area contributed by atoms with Gasteiger partial charge in [0, 0.05) is 12.2 Å². The fourth-order valence-electron chi connectivity index (χ4n) is 1.27. The predicted molar refractivity (Wildman–Crippen MR) is 66.0 cm³/mol. The Morgan fingerprint density at radius 2 is 2.11 bits per heavy atom. The third-order valence-electron chi connectivity index (χ3n) is 2.30. The van der Waals surface area contributed by atoms with Gasteiger partial charge in [-0.1, -0.05) is 6.07 Å². The minimum absolute atomic E-state index is 0.000768. The highest BCUT2D eigenvalue weighted by atomic mass is 32.2. The molecule has 1 rings (SSSR count). The van der Waals surface area contributed by atoms with Crippen molar-refractivity contribution in [1.29, 1.82) is 0 Å². The van der Waals surface area contributed by atoms with Crippen molar-refractivity contribution < 1.29 is 18.3 Å². The monoisotopic (exact) mass is 273 g/mol. The van der Waals surface area contributed by atoms with Crippen molar-refractivity contribution in [2.75, 3.05) is 12.3 Å². The van der Waals surface area contributed by atoms with Crippen LogP contribution in [-0.2, 0) is 14.8 Å². The van der Waals surface area contributed by atoms with Crippen molar-refractivity contribution in [3.63, 3.8) is 0 Å². The van der Waals surface area contributed by atoms with Gasteiger partial charge in [-0.3, -0.25) is 4.79 Å². The molecule has 6 N–H and O–H groups in total. The summed E-state index contributed by atoms with van der Waals surface area (Å²) >= 11 is 0. The van der Waals surface area contributed by atoms with Gasteiger partial charge in [0.05, 0.1) is 4.90 Å². The molecule has 1 amide bonds. The molecule has 0 aromatic heterocycles. The van der Waals surface area contributed by atoms with Crippen molar-refractivity contribution in [3.8, 4) is 0 Å². The molecule has 0 aliphatic heterocycles. The summed E-state index contributed by atoms with van der Waals surface area (Å²) in [7, 11) is -3.84. The second-order valence-corrected chi connectivity index (χ2v) is 5.53. The third kappa shape index (κ3) is 3.42. The zero-order valence-electron chi connectivity index (χ0n) is 9.75. The highest BCUT2D eigenvalue weighted by Gasteiger charge is 2.20. The molecule has 7 nitrogen and oxygen atoms in total. The first kappa shape index (κ1) is 14.4. The SMILES string of the molecule is Cc1ccc(N)cc1S(=O)(=O)NCC(O)C(N)=O. The van der Waals surface area contributed by atoms with E-state index in [1.165, 1.54) is 6.07 Å². The molecule has 1 unspecified atom stereocenters. The summed E-state index contributed by atoms with van der Waals surface area (Å²) < 4.78 is 25.9. The predicted octanol–water partition coefficient (Wildman–Crippen LogP) is -1.30. The Morgan fingerprint density at radius 3 is 2.67 bits per heavy atom. The van der Waals surface area contributed by atoms with Gasteiger partial charge in [0.1, 0.15) is 6.10 Å². The van der Waals surface area contributed by atoms with Crippen molar-refractivity contribution in [3.05, 3.63) is 23.8 Å². The number of nitrogens with two attached hydrogens (primary N) is 2. The zero-order chi connectivity index (χ0) is 13.9. The molecule has 0 aliphatic carbocycles. The van der Waals surface area contributed by atoms with Crippen molar-refractivity contribution in [2.24, 2.45) is 5.73 Å². The van der Waals surface area contributed by atoms with Crippen LogP contribution in [-0.4, -0.2) is 32.1 Å². The maximum Gasteiger partial charge on any atom is 0.247 e. The van der Waals surface area contributed by atoms with E-state index in [9.17, 15) is 13.2 Å². The number of carbonyl (C=O) groups excluding carboxylic acids is 1. The number of primary amides is 1. The fraction of sp³-hybridized carbons (Fsp3) is 0.300. The van der Waals surface area contributed by atoms with Crippen LogP contribution in [0.15, 0.2) is 23.1 Å². The number of carbonyl (C=O) groups is 1. The lowest BCUT2D eigenvalue weighted by atomic mass is 10.2. The van der Waals surface area contributed by atoms with Crippen LogP contribution < -0.4 is 16.2 Å². The van der Waals surface area contributed by atoms with Crippen LogP contribution in [0.2, 0.25) is 0 Å². The average molecular weight is 273 g/mol. The molecule has 0 spiro atoms. The minimum atomic E-state index is -3.84. The number of aliphatic hydroxyl groups is 1. The van der Waals surface area contributed by atoms with Crippen LogP contribution in [0, 0.1) is 6.92 Å². The largest absolute Gasteiger partial charge is 0.399 e. The maximum atomic E-state index is 11.9. The summed E-state index contributed by atoms with van der Waals surface area (Å²) in [6.07, 6.45) is -1.57. The first-order chi connectivity index (χ1) is 8.24. The molecule has 100 valence electrons. The molecule has 18 heavy (non-hydrogen) atoms. The van der Waals surface area contributed by atoms with Crippen LogP contribution in [0.5, 0.6) is 0 Å². The number of hydrogen-bond acceptors (Lipinski definition) is 5. The van der Waals surface area contributed by atoms with E-state index in [4.69, 9.17) is 16.6 Å². The molecule has 1 atom stereocenters. The van der Waals surface area contributed by atoms with E-state index >= 15 is 0 Å². The Morgan fingerprint density at radius 1 is 1.50 bits per heavy atom. The zero-order valence-corrected chi connectivity index (χ0v) is 10.6. The molecule has 0 saturated heterocycles. The van der Waals surface area contributed by atoms with E-state index in [0.29, 0.717) is 11.3 Å². The number of aliphatic hydroxyl groups excluding tert-OH is 1. The molecule has 0 radical (unpaired) electrons. The Hall–Kier alpha value is -1.64. The van der Waals surface area contributed by atoms with Crippen LogP contribution in [0.4, 0.5) is 5.69 Å². The van der Waals surface area contributed by atoms with Crippen molar-refractivity contribution in [1.82, 2.24) is 4.72 Å². The molecule has 8 heteroatoms. The number of nitrogen functional groups attached to an aromatic ring is 1. The van der Waals surface area contributed by atoms with Gasteiger partial charge in [0.2, 0.25) is 15.9 Å². The number of benzene rings is 1. The first-order valence-corrected chi connectivity index (χ1v) is 6.55. The van der Waals surface area contributed by atoms with Gasteiger partial charge in [-0.05, 0) is 24.6 Å². The van der Waals surface area contributed by atoms with Crippen LogP contribution in [0.25, 0.3) is 0 Å². The first-order valence-electron chi connectivity index (χ1n) is 5.07. The highest BCUT2D eigenvalue weighted by Crippen LogP contribution is 2.17. The average Bonchev–Trinajstić information content (AvgIpc) is 2.29. The van der Waals surface area contributed by atoms with Gasteiger partial charge in [-0.25, -0.2) is 13.1 Å². The Kier molecular flexibility index (Phi) is 4.28. The van der Waals surface area contributed by atoms with Gasteiger partial charge in [0.25, 0.3) is 0 Å². The number of sulfonamides is 1. The summed E-state index contributed by atoms with van der Waals surface area (Å²) in [4.78, 5) is 10.6. The van der Waals surface area contributed by atoms with Gasteiger partial charge >= 0.3 is 0 Å². The number of amides is 1. The third-order valence-corrected chi connectivity index (χ3v) is 3.86. The lowest BCUT2D eigenvalue weighted by Crippen LogP contribution is -2.40. The topological polar surface area (TPSA) is 136 Å². The summed E-state index contributed by atoms with van der Waals surface area (Å²) in [5, 5.41) is 9.13. The molecule has 1 aromatic carbocycles. The molecule has 0 saturated carbocycles. The normalized spacial score (nSPS) is 13.2. The summed E-state index contributed by atoms with van der Waals surface area (Å²) in [6.45, 7) is 1.13. The molecule has 0 aliphatic rings. The quantitative estimate of drug-likeness (QED) is 0.494. The number of rotatable bonds is 5. The van der Waals surface area contributed by atoms with Crippen LogP contribution >= 0.6 is 0 Å². The van der Waals surface area contributed by atoms with E-state index in [2.05, 4.69) is 4.72 Å². The molecule has 0 bridgehead atoms.